The van der Waals surface area contributed by atoms with Crippen LogP contribution >= 0.6 is 0 Å². The van der Waals surface area contributed by atoms with Crippen LogP contribution in [-0.2, 0) is 7.05 Å². The summed E-state index contributed by atoms with van der Waals surface area (Å²) in [6.07, 6.45) is 0. The average Bonchev–Trinajstić information content (AvgIpc) is 2.71. The van der Waals surface area contributed by atoms with Gasteiger partial charge in [0.1, 0.15) is 12.4 Å². The minimum Gasteiger partial charge on any atom is -0.490 e. The Labute approximate surface area is 123 Å². The van der Waals surface area contributed by atoms with E-state index in [1.165, 1.54) is 0 Å². The van der Waals surface area contributed by atoms with Crippen LogP contribution < -0.4 is 15.8 Å². The summed E-state index contributed by atoms with van der Waals surface area (Å²) >= 11 is 0. The number of aromatic nitrogens is 2. The largest absolute Gasteiger partial charge is 0.490 e. The molecule has 0 aliphatic heterocycles. The SMILES string of the molecule is Cc1nn(C)c(C)c1C(=O)Nc1ccccc1OCCN. The zero-order valence-electron chi connectivity index (χ0n) is 12.5. The smallest absolute Gasteiger partial charge is 0.259 e. The summed E-state index contributed by atoms with van der Waals surface area (Å²) < 4.78 is 7.22. The molecule has 3 N–H and O–H groups in total. The lowest BCUT2D eigenvalue weighted by Gasteiger charge is -2.12. The standard InChI is InChI=1S/C15H20N4O2/c1-10-14(11(2)19(3)18-10)15(20)17-12-6-4-5-7-13(12)21-9-8-16/h4-7H,8-9,16H2,1-3H3,(H,17,20). The average molecular weight is 288 g/mol. The fourth-order valence-corrected chi connectivity index (χ4v) is 2.15. The first kappa shape index (κ1) is 15.1. The number of amides is 1. The first-order valence-corrected chi connectivity index (χ1v) is 6.78. The second-order valence-corrected chi connectivity index (χ2v) is 4.76. The summed E-state index contributed by atoms with van der Waals surface area (Å²) in [6.45, 7) is 4.51. The van der Waals surface area contributed by atoms with Crippen molar-refractivity contribution in [3.05, 3.63) is 41.2 Å². The first-order valence-electron chi connectivity index (χ1n) is 6.78. The van der Waals surface area contributed by atoms with Gasteiger partial charge in [-0.15, -0.1) is 0 Å². The third-order valence-electron chi connectivity index (χ3n) is 3.25. The maximum absolute atomic E-state index is 12.5. The predicted octanol–water partition coefficient (Wildman–Crippen LogP) is 1.63. The number of ether oxygens (including phenoxy) is 1. The molecule has 1 aromatic carbocycles. The van der Waals surface area contributed by atoms with Gasteiger partial charge in [-0.25, -0.2) is 0 Å². The van der Waals surface area contributed by atoms with Gasteiger partial charge in [-0.2, -0.15) is 5.10 Å². The molecule has 2 rings (SSSR count). The van der Waals surface area contributed by atoms with Crippen molar-refractivity contribution in [2.75, 3.05) is 18.5 Å². The van der Waals surface area contributed by atoms with Crippen molar-refractivity contribution in [1.29, 1.82) is 0 Å². The van der Waals surface area contributed by atoms with Gasteiger partial charge in [0.05, 0.1) is 16.9 Å². The molecule has 1 amide bonds. The Balaban J connectivity index is 2.23. The molecule has 0 aliphatic carbocycles. The van der Waals surface area contributed by atoms with E-state index in [9.17, 15) is 4.79 Å². The number of carbonyl (C=O) groups is 1. The predicted molar refractivity (Wildman–Crippen MR) is 81.6 cm³/mol. The van der Waals surface area contributed by atoms with Gasteiger partial charge >= 0.3 is 0 Å². The van der Waals surface area contributed by atoms with Crippen molar-refractivity contribution >= 4 is 11.6 Å². The Bertz CT molecular complexity index is 649. The topological polar surface area (TPSA) is 82.2 Å². The molecule has 0 unspecified atom stereocenters. The molecule has 6 nitrogen and oxygen atoms in total. The first-order chi connectivity index (χ1) is 10.0. The van der Waals surface area contributed by atoms with E-state index in [2.05, 4.69) is 10.4 Å². The Morgan fingerprint density at radius 3 is 2.71 bits per heavy atom. The van der Waals surface area contributed by atoms with E-state index in [-0.39, 0.29) is 5.91 Å². The molecule has 0 radical (unpaired) electrons. The Hall–Kier alpha value is -2.34. The van der Waals surface area contributed by atoms with Crippen LogP contribution in [0.4, 0.5) is 5.69 Å². The van der Waals surface area contributed by atoms with Gasteiger partial charge in [0.15, 0.2) is 0 Å². The summed E-state index contributed by atoms with van der Waals surface area (Å²) in [5.74, 6) is 0.414. The van der Waals surface area contributed by atoms with Gasteiger partial charge in [0.25, 0.3) is 5.91 Å². The third-order valence-corrected chi connectivity index (χ3v) is 3.25. The highest BCUT2D eigenvalue weighted by atomic mass is 16.5. The van der Waals surface area contributed by atoms with E-state index in [1.54, 1.807) is 16.8 Å². The number of nitrogens with one attached hydrogen (secondary N) is 1. The summed E-state index contributed by atoms with van der Waals surface area (Å²) in [4.78, 5) is 12.5. The number of hydrogen-bond acceptors (Lipinski definition) is 4. The molecular formula is C15H20N4O2. The number of para-hydroxylation sites is 2. The molecule has 0 saturated heterocycles. The molecule has 6 heteroatoms. The molecule has 0 fully saturated rings. The quantitative estimate of drug-likeness (QED) is 0.876. The van der Waals surface area contributed by atoms with Gasteiger partial charge in [-0.3, -0.25) is 9.48 Å². The number of nitrogens with two attached hydrogens (primary N) is 1. The number of aryl methyl sites for hydroxylation is 2. The van der Waals surface area contributed by atoms with Gasteiger partial charge in [-0.05, 0) is 26.0 Å². The van der Waals surface area contributed by atoms with Gasteiger partial charge in [0, 0.05) is 19.3 Å². The van der Waals surface area contributed by atoms with E-state index >= 15 is 0 Å². The van der Waals surface area contributed by atoms with Gasteiger partial charge in [-0.1, -0.05) is 12.1 Å². The van der Waals surface area contributed by atoms with Crippen LogP contribution in [0.2, 0.25) is 0 Å². The van der Waals surface area contributed by atoms with E-state index < -0.39 is 0 Å². The number of anilines is 1. The third kappa shape index (κ3) is 3.22. The number of nitrogens with zero attached hydrogens (tertiary/aromatic N) is 2. The minimum absolute atomic E-state index is 0.193. The van der Waals surface area contributed by atoms with Crippen molar-refractivity contribution < 1.29 is 9.53 Å². The number of carbonyl (C=O) groups excluding carboxylic acids is 1. The molecule has 1 aromatic heterocycles. The monoisotopic (exact) mass is 288 g/mol. The van der Waals surface area contributed by atoms with E-state index in [1.807, 2.05) is 33.0 Å². The zero-order valence-corrected chi connectivity index (χ0v) is 12.5. The van der Waals surface area contributed by atoms with Crippen LogP contribution in [-0.4, -0.2) is 28.8 Å². The Morgan fingerprint density at radius 2 is 2.10 bits per heavy atom. The van der Waals surface area contributed by atoms with Crippen LogP contribution in [0.3, 0.4) is 0 Å². The van der Waals surface area contributed by atoms with E-state index in [0.29, 0.717) is 35.8 Å². The maximum Gasteiger partial charge on any atom is 0.259 e. The number of benzene rings is 1. The second-order valence-electron chi connectivity index (χ2n) is 4.76. The van der Waals surface area contributed by atoms with Gasteiger partial charge < -0.3 is 15.8 Å². The molecule has 0 aliphatic rings. The maximum atomic E-state index is 12.5. The van der Waals surface area contributed by atoms with Crippen LogP contribution in [0.15, 0.2) is 24.3 Å². The highest BCUT2D eigenvalue weighted by Gasteiger charge is 2.18. The molecule has 0 saturated carbocycles. The van der Waals surface area contributed by atoms with E-state index in [0.717, 1.165) is 5.69 Å². The van der Waals surface area contributed by atoms with Crippen molar-refractivity contribution in [1.82, 2.24) is 9.78 Å². The summed E-state index contributed by atoms with van der Waals surface area (Å²) in [5.41, 5.74) is 8.18. The van der Waals surface area contributed by atoms with Crippen LogP contribution in [0, 0.1) is 13.8 Å². The van der Waals surface area contributed by atoms with E-state index in [4.69, 9.17) is 10.5 Å². The van der Waals surface area contributed by atoms with Crippen LogP contribution in [0.25, 0.3) is 0 Å². The molecule has 2 aromatic rings. The lowest BCUT2D eigenvalue weighted by atomic mass is 10.1. The second kappa shape index (κ2) is 6.41. The lowest BCUT2D eigenvalue weighted by Crippen LogP contribution is -2.16. The zero-order chi connectivity index (χ0) is 15.4. The van der Waals surface area contributed by atoms with Crippen molar-refractivity contribution in [2.45, 2.75) is 13.8 Å². The molecule has 0 atom stereocenters. The van der Waals surface area contributed by atoms with Gasteiger partial charge in [0.2, 0.25) is 0 Å². The normalized spacial score (nSPS) is 10.5. The van der Waals surface area contributed by atoms with Crippen LogP contribution in [0.1, 0.15) is 21.7 Å². The Morgan fingerprint density at radius 1 is 1.38 bits per heavy atom. The fourth-order valence-electron chi connectivity index (χ4n) is 2.15. The summed E-state index contributed by atoms with van der Waals surface area (Å²) in [7, 11) is 1.82. The molecular weight excluding hydrogens is 268 g/mol. The number of hydrogen-bond donors (Lipinski definition) is 2. The van der Waals surface area contributed by atoms with Crippen molar-refractivity contribution in [3.8, 4) is 5.75 Å². The highest BCUT2D eigenvalue weighted by Crippen LogP contribution is 2.25. The molecule has 1 heterocycles. The highest BCUT2D eigenvalue weighted by molar-refractivity contribution is 6.06. The van der Waals surface area contributed by atoms with Crippen LogP contribution in [0.5, 0.6) is 5.75 Å². The fraction of sp³-hybridized carbons (Fsp3) is 0.333. The van der Waals surface area contributed by atoms with Crippen molar-refractivity contribution in [3.63, 3.8) is 0 Å². The molecule has 0 bridgehead atoms. The molecule has 112 valence electrons. The van der Waals surface area contributed by atoms with Crippen molar-refractivity contribution in [2.24, 2.45) is 12.8 Å². The lowest BCUT2D eigenvalue weighted by molar-refractivity contribution is 0.102. The molecule has 21 heavy (non-hydrogen) atoms. The Kier molecular flexibility index (Phi) is 4.59. The summed E-state index contributed by atoms with van der Waals surface area (Å²) in [5, 5.41) is 7.13. The number of rotatable bonds is 5. The summed E-state index contributed by atoms with van der Waals surface area (Å²) in [6, 6.07) is 7.29. The molecule has 0 spiro atoms. The minimum atomic E-state index is -0.193.